The van der Waals surface area contributed by atoms with Crippen molar-refractivity contribution < 1.29 is 23.9 Å². The number of carbonyl (C=O) groups is 3. The van der Waals surface area contributed by atoms with E-state index in [-0.39, 0.29) is 12.4 Å². The number of para-hydroxylation sites is 1. The Kier molecular flexibility index (Phi) is 5.82. The Hall–Kier alpha value is -3.81. The molecule has 0 saturated carbocycles. The van der Waals surface area contributed by atoms with Gasteiger partial charge in [0.2, 0.25) is 0 Å². The summed E-state index contributed by atoms with van der Waals surface area (Å²) in [5, 5.41) is 0.785. The highest BCUT2D eigenvalue weighted by atomic mass is 16.5. The van der Waals surface area contributed by atoms with Crippen LogP contribution >= 0.6 is 0 Å². The highest BCUT2D eigenvalue weighted by Gasteiger charge is 2.15. The van der Waals surface area contributed by atoms with E-state index in [0.29, 0.717) is 22.6 Å². The molecule has 0 bridgehead atoms. The molecule has 1 aromatic heterocycles. The van der Waals surface area contributed by atoms with Crippen molar-refractivity contribution in [1.29, 1.82) is 0 Å². The van der Waals surface area contributed by atoms with Crippen molar-refractivity contribution in [3.05, 3.63) is 59.8 Å². The van der Waals surface area contributed by atoms with Crippen molar-refractivity contribution in [1.82, 2.24) is 15.4 Å². The number of aryl methyl sites for hydroxylation is 1. The van der Waals surface area contributed by atoms with Gasteiger partial charge in [0.05, 0.1) is 12.7 Å². The van der Waals surface area contributed by atoms with Crippen LogP contribution in [0.2, 0.25) is 0 Å². The fraction of sp³-hybridized carbons (Fsp3) is 0.190. The highest BCUT2D eigenvalue weighted by molar-refractivity contribution is 6.07. The molecule has 3 aromatic rings. The number of hydrogen-bond donors (Lipinski definition) is 2. The van der Waals surface area contributed by atoms with E-state index < -0.39 is 11.8 Å². The molecule has 0 saturated heterocycles. The highest BCUT2D eigenvalue weighted by Crippen LogP contribution is 2.28. The van der Waals surface area contributed by atoms with Crippen LogP contribution in [-0.4, -0.2) is 35.9 Å². The van der Waals surface area contributed by atoms with E-state index in [0.717, 1.165) is 10.9 Å². The van der Waals surface area contributed by atoms with Gasteiger partial charge in [-0.1, -0.05) is 18.2 Å². The SMILES string of the molecule is COc1cc(C(C)=O)ccc1OCC(=O)NNC(=O)c1cn(C)c2ccccc12. The topological polar surface area (TPSA) is 98.7 Å². The summed E-state index contributed by atoms with van der Waals surface area (Å²) in [5.74, 6) is -0.433. The number of hydrogen-bond acceptors (Lipinski definition) is 5. The molecular weight excluding hydrogens is 374 g/mol. The monoisotopic (exact) mass is 395 g/mol. The van der Waals surface area contributed by atoms with Crippen LogP contribution in [0.4, 0.5) is 0 Å². The Labute approximate surface area is 167 Å². The lowest BCUT2D eigenvalue weighted by atomic mass is 10.1. The summed E-state index contributed by atoms with van der Waals surface area (Å²) >= 11 is 0. The van der Waals surface area contributed by atoms with Crippen molar-refractivity contribution in [2.75, 3.05) is 13.7 Å². The quantitative estimate of drug-likeness (QED) is 0.493. The number of ether oxygens (including phenoxy) is 2. The lowest BCUT2D eigenvalue weighted by Gasteiger charge is -2.12. The summed E-state index contributed by atoms with van der Waals surface area (Å²) in [7, 11) is 3.28. The molecule has 0 atom stereocenters. The van der Waals surface area contributed by atoms with E-state index >= 15 is 0 Å². The minimum absolute atomic E-state index is 0.108. The minimum Gasteiger partial charge on any atom is -0.493 e. The van der Waals surface area contributed by atoms with Crippen LogP contribution in [0.15, 0.2) is 48.7 Å². The number of fused-ring (bicyclic) bond motifs is 1. The molecule has 0 spiro atoms. The number of benzene rings is 2. The summed E-state index contributed by atoms with van der Waals surface area (Å²) in [6.45, 7) is 1.10. The Morgan fingerprint density at radius 1 is 1.03 bits per heavy atom. The second-order valence-corrected chi connectivity index (χ2v) is 6.38. The molecule has 0 radical (unpaired) electrons. The van der Waals surface area contributed by atoms with Gasteiger partial charge >= 0.3 is 0 Å². The second-order valence-electron chi connectivity index (χ2n) is 6.38. The van der Waals surface area contributed by atoms with E-state index in [9.17, 15) is 14.4 Å². The van der Waals surface area contributed by atoms with Gasteiger partial charge in [-0.15, -0.1) is 0 Å². The Morgan fingerprint density at radius 3 is 2.52 bits per heavy atom. The zero-order valence-corrected chi connectivity index (χ0v) is 16.3. The van der Waals surface area contributed by atoms with E-state index in [2.05, 4.69) is 10.9 Å². The van der Waals surface area contributed by atoms with Gasteiger partial charge in [0, 0.05) is 29.7 Å². The van der Waals surface area contributed by atoms with Crippen molar-refractivity contribution >= 4 is 28.5 Å². The fourth-order valence-electron chi connectivity index (χ4n) is 2.90. The van der Waals surface area contributed by atoms with Crippen LogP contribution in [0.1, 0.15) is 27.6 Å². The van der Waals surface area contributed by atoms with Gasteiger partial charge in [-0.25, -0.2) is 0 Å². The van der Waals surface area contributed by atoms with Crippen molar-refractivity contribution in [3.8, 4) is 11.5 Å². The molecule has 150 valence electrons. The average Bonchev–Trinajstić information content (AvgIpc) is 3.07. The first-order chi connectivity index (χ1) is 13.9. The van der Waals surface area contributed by atoms with E-state index in [1.54, 1.807) is 18.3 Å². The Bertz CT molecular complexity index is 1090. The molecule has 0 aliphatic rings. The van der Waals surface area contributed by atoms with Gasteiger partial charge in [0.25, 0.3) is 11.8 Å². The third-order valence-electron chi connectivity index (χ3n) is 4.39. The second kappa shape index (κ2) is 8.47. The third kappa shape index (κ3) is 4.37. The number of nitrogens with one attached hydrogen (secondary N) is 2. The molecule has 29 heavy (non-hydrogen) atoms. The van der Waals surface area contributed by atoms with Gasteiger partial charge in [-0.2, -0.15) is 0 Å². The number of carbonyl (C=O) groups excluding carboxylic acids is 3. The molecule has 0 unspecified atom stereocenters. The van der Waals surface area contributed by atoms with Crippen LogP contribution in [-0.2, 0) is 11.8 Å². The van der Waals surface area contributed by atoms with Crippen LogP contribution in [0, 0.1) is 0 Å². The van der Waals surface area contributed by atoms with Gasteiger partial charge in [0.1, 0.15) is 0 Å². The van der Waals surface area contributed by atoms with Crippen LogP contribution in [0.5, 0.6) is 11.5 Å². The molecule has 0 aliphatic heterocycles. The van der Waals surface area contributed by atoms with Gasteiger partial charge < -0.3 is 14.0 Å². The van der Waals surface area contributed by atoms with Crippen LogP contribution in [0.25, 0.3) is 10.9 Å². The molecule has 1 heterocycles. The Balaban J connectivity index is 1.59. The van der Waals surface area contributed by atoms with Crippen molar-refractivity contribution in [2.24, 2.45) is 7.05 Å². The molecule has 8 heteroatoms. The zero-order valence-electron chi connectivity index (χ0n) is 16.3. The minimum atomic E-state index is -0.545. The van der Waals surface area contributed by atoms with E-state index in [1.165, 1.54) is 20.1 Å². The summed E-state index contributed by atoms with van der Waals surface area (Å²) in [5.41, 5.74) is 6.54. The number of ketones is 1. The van der Waals surface area contributed by atoms with Crippen LogP contribution in [0.3, 0.4) is 0 Å². The summed E-state index contributed by atoms with van der Waals surface area (Å²) in [6.07, 6.45) is 1.70. The number of rotatable bonds is 6. The van der Waals surface area contributed by atoms with Crippen LogP contribution < -0.4 is 20.3 Å². The smallest absolute Gasteiger partial charge is 0.276 e. The first-order valence-electron chi connectivity index (χ1n) is 8.85. The molecule has 8 nitrogen and oxygen atoms in total. The summed E-state index contributed by atoms with van der Waals surface area (Å²) < 4.78 is 12.5. The van der Waals surface area contributed by atoms with Gasteiger partial charge in [-0.3, -0.25) is 25.2 Å². The van der Waals surface area contributed by atoms with Gasteiger partial charge in [-0.05, 0) is 31.2 Å². The Morgan fingerprint density at radius 2 is 1.79 bits per heavy atom. The molecule has 2 amide bonds. The van der Waals surface area contributed by atoms with E-state index in [1.807, 2.05) is 35.9 Å². The number of methoxy groups -OCH3 is 1. The van der Waals surface area contributed by atoms with Crippen molar-refractivity contribution in [2.45, 2.75) is 6.92 Å². The largest absolute Gasteiger partial charge is 0.493 e. The average molecular weight is 395 g/mol. The number of hydrazine groups is 1. The molecule has 0 fully saturated rings. The molecule has 3 rings (SSSR count). The molecule has 2 N–H and O–H groups in total. The lowest BCUT2D eigenvalue weighted by Crippen LogP contribution is -2.43. The molecule has 2 aromatic carbocycles. The zero-order chi connectivity index (χ0) is 21.0. The normalized spacial score (nSPS) is 10.4. The number of aromatic nitrogens is 1. The maximum atomic E-state index is 12.4. The number of Topliss-reactive ketones (excluding diaryl/α,β-unsaturated/α-hetero) is 1. The first kappa shape index (κ1) is 19.9. The number of amides is 2. The molecular formula is C21H21N3O5. The summed E-state index contributed by atoms with van der Waals surface area (Å²) in [6, 6.07) is 12.2. The maximum Gasteiger partial charge on any atom is 0.276 e. The number of nitrogens with zero attached hydrogens (tertiary/aromatic N) is 1. The lowest BCUT2D eigenvalue weighted by molar-refractivity contribution is -0.123. The summed E-state index contributed by atoms with van der Waals surface area (Å²) in [4.78, 5) is 35.9. The maximum absolute atomic E-state index is 12.4. The third-order valence-corrected chi connectivity index (χ3v) is 4.39. The first-order valence-corrected chi connectivity index (χ1v) is 8.85. The predicted molar refractivity (Wildman–Crippen MR) is 107 cm³/mol. The van der Waals surface area contributed by atoms with Crippen molar-refractivity contribution in [3.63, 3.8) is 0 Å². The molecule has 0 aliphatic carbocycles. The van der Waals surface area contributed by atoms with Gasteiger partial charge in [0.15, 0.2) is 23.9 Å². The fourth-order valence-corrected chi connectivity index (χ4v) is 2.90. The standard InChI is InChI=1S/C21H21N3O5/c1-13(25)14-8-9-18(19(10-14)28-3)29-12-20(26)22-23-21(27)16-11-24(2)17-7-5-4-6-15(16)17/h4-11H,12H2,1-3H3,(H,22,26)(H,23,27). The van der Waals surface area contributed by atoms with E-state index in [4.69, 9.17) is 9.47 Å². The predicted octanol–water partition coefficient (Wildman–Crippen LogP) is 2.23.